The zero-order valence-corrected chi connectivity index (χ0v) is 28.0. The van der Waals surface area contributed by atoms with E-state index < -0.39 is 53.8 Å². The number of amides is 1. The van der Waals surface area contributed by atoms with E-state index in [4.69, 9.17) is 9.73 Å². The second kappa shape index (κ2) is 12.9. The van der Waals surface area contributed by atoms with Crippen molar-refractivity contribution < 1.29 is 37.4 Å². The van der Waals surface area contributed by atoms with E-state index >= 15 is 8.78 Å². The number of thiazole rings is 1. The number of halogens is 3. The molecule has 3 atom stereocenters. The van der Waals surface area contributed by atoms with Crippen LogP contribution in [0.5, 0.6) is 0 Å². The van der Waals surface area contributed by atoms with Crippen LogP contribution in [0.15, 0.2) is 46.0 Å². The molecule has 1 aliphatic carbocycles. The smallest absolute Gasteiger partial charge is 0.338 e. The molecule has 258 valence electrons. The van der Waals surface area contributed by atoms with Gasteiger partial charge in [-0.3, -0.25) is 24.5 Å². The SMILES string of the molecule is CCOC(=O)C1=C(CN2CC(F)(F)[C@H]3[C@@H]2CN(C(=O)C2CC2)N3CCC(C)(C)C(=O)O)NC(c2nccs2)=N[C@H]1c1cccc(F)c1C. The predicted molar refractivity (Wildman–Crippen MR) is 171 cm³/mol. The Hall–Kier alpha value is -3.82. The highest BCUT2D eigenvalue weighted by Gasteiger charge is 2.63. The van der Waals surface area contributed by atoms with Gasteiger partial charge < -0.3 is 15.2 Å². The fourth-order valence-corrected chi connectivity index (χ4v) is 7.27. The minimum absolute atomic E-state index is 0.00896. The van der Waals surface area contributed by atoms with Crippen LogP contribution < -0.4 is 5.32 Å². The molecular formula is C33H39F3N6O5S. The number of carbonyl (C=O) groups excluding carboxylic acids is 2. The lowest BCUT2D eigenvalue weighted by atomic mass is 9.89. The quantitative estimate of drug-likeness (QED) is 0.335. The number of alkyl halides is 2. The molecule has 1 saturated carbocycles. The van der Waals surface area contributed by atoms with Crippen molar-refractivity contribution in [3.8, 4) is 0 Å². The maximum atomic E-state index is 16.2. The van der Waals surface area contributed by atoms with E-state index in [-0.39, 0.29) is 61.3 Å². The number of ether oxygens (including phenoxy) is 1. The third kappa shape index (κ3) is 6.34. The summed E-state index contributed by atoms with van der Waals surface area (Å²) in [5, 5.41) is 17.9. The highest BCUT2D eigenvalue weighted by atomic mass is 32.1. The van der Waals surface area contributed by atoms with Gasteiger partial charge in [-0.05, 0) is 64.2 Å². The van der Waals surface area contributed by atoms with Crippen molar-refractivity contribution >= 4 is 35.0 Å². The molecule has 0 radical (unpaired) electrons. The number of aromatic nitrogens is 1. The number of likely N-dealkylation sites (tertiary alicyclic amines) is 1. The van der Waals surface area contributed by atoms with Crippen LogP contribution in [0.2, 0.25) is 0 Å². The van der Waals surface area contributed by atoms with Crippen LogP contribution in [-0.4, -0.2) is 99.5 Å². The van der Waals surface area contributed by atoms with Gasteiger partial charge in [0.2, 0.25) is 5.91 Å². The summed E-state index contributed by atoms with van der Waals surface area (Å²) in [7, 11) is 0. The number of nitrogens with zero attached hydrogens (tertiary/aromatic N) is 5. The number of benzene rings is 1. The second-order valence-corrected chi connectivity index (χ2v) is 14.3. The zero-order chi connectivity index (χ0) is 34.5. The highest BCUT2D eigenvalue weighted by molar-refractivity contribution is 7.11. The molecule has 1 aromatic carbocycles. The number of carboxylic acids is 1. The van der Waals surface area contributed by atoms with E-state index in [0.717, 1.165) is 0 Å². The van der Waals surface area contributed by atoms with Gasteiger partial charge in [0.15, 0.2) is 10.8 Å². The van der Waals surface area contributed by atoms with Gasteiger partial charge in [0.05, 0.1) is 36.7 Å². The zero-order valence-electron chi connectivity index (χ0n) is 27.2. The molecule has 2 aromatic rings. The monoisotopic (exact) mass is 688 g/mol. The number of hydrogen-bond acceptors (Lipinski definition) is 10. The fourth-order valence-electron chi connectivity index (χ4n) is 6.69. The first-order chi connectivity index (χ1) is 22.7. The Labute approximate surface area is 280 Å². The van der Waals surface area contributed by atoms with Gasteiger partial charge in [0.25, 0.3) is 5.92 Å². The molecule has 2 N–H and O–H groups in total. The number of carboxylic acid groups (broad SMARTS) is 1. The Bertz CT molecular complexity index is 1660. The lowest BCUT2D eigenvalue weighted by Gasteiger charge is -2.35. The highest BCUT2D eigenvalue weighted by Crippen LogP contribution is 2.45. The molecule has 11 nitrogen and oxygen atoms in total. The molecule has 0 unspecified atom stereocenters. The van der Waals surface area contributed by atoms with Crippen LogP contribution in [0.3, 0.4) is 0 Å². The van der Waals surface area contributed by atoms with E-state index in [0.29, 0.717) is 29.2 Å². The van der Waals surface area contributed by atoms with Crippen molar-refractivity contribution in [1.29, 1.82) is 0 Å². The molecular weight excluding hydrogens is 649 g/mol. The number of amidine groups is 1. The minimum Gasteiger partial charge on any atom is -0.481 e. The summed E-state index contributed by atoms with van der Waals surface area (Å²) in [5.41, 5.74) is -0.151. The first-order valence-corrected chi connectivity index (χ1v) is 16.9. The fraction of sp³-hybridized carbons (Fsp3) is 0.545. The van der Waals surface area contributed by atoms with Crippen molar-refractivity contribution in [2.24, 2.45) is 16.3 Å². The summed E-state index contributed by atoms with van der Waals surface area (Å²) < 4.78 is 52.6. The summed E-state index contributed by atoms with van der Waals surface area (Å²) >= 11 is 1.29. The topological polar surface area (TPSA) is 128 Å². The molecule has 15 heteroatoms. The van der Waals surface area contributed by atoms with Gasteiger partial charge >= 0.3 is 11.9 Å². The molecule has 0 bridgehead atoms. The first kappa shape index (κ1) is 34.1. The third-order valence-electron chi connectivity index (χ3n) is 9.62. The molecule has 4 heterocycles. The van der Waals surface area contributed by atoms with Gasteiger partial charge in [-0.25, -0.2) is 28.0 Å². The van der Waals surface area contributed by atoms with Crippen LogP contribution in [0.4, 0.5) is 13.2 Å². The number of fused-ring (bicyclic) bond motifs is 1. The second-order valence-electron chi connectivity index (χ2n) is 13.4. The van der Waals surface area contributed by atoms with Gasteiger partial charge in [-0.2, -0.15) is 0 Å². The summed E-state index contributed by atoms with van der Waals surface area (Å²) in [6.45, 7) is 5.48. The van der Waals surface area contributed by atoms with Gasteiger partial charge in [-0.1, -0.05) is 12.1 Å². The van der Waals surface area contributed by atoms with Crippen LogP contribution >= 0.6 is 11.3 Å². The number of esters is 1. The molecule has 4 aliphatic rings. The van der Waals surface area contributed by atoms with Crippen molar-refractivity contribution in [3.63, 3.8) is 0 Å². The number of nitrogens with one attached hydrogen (secondary N) is 1. The van der Waals surface area contributed by atoms with Crippen LogP contribution in [0.25, 0.3) is 0 Å². The van der Waals surface area contributed by atoms with Crippen molar-refractivity contribution in [1.82, 2.24) is 25.2 Å². The Morgan fingerprint density at radius 1 is 1.23 bits per heavy atom. The summed E-state index contributed by atoms with van der Waals surface area (Å²) in [6, 6.07) is 1.27. The molecule has 6 rings (SSSR count). The van der Waals surface area contributed by atoms with Crippen molar-refractivity contribution in [3.05, 3.63) is 63.0 Å². The normalized spacial score (nSPS) is 24.4. The van der Waals surface area contributed by atoms with E-state index in [2.05, 4.69) is 10.3 Å². The molecule has 3 fully saturated rings. The maximum absolute atomic E-state index is 16.2. The minimum atomic E-state index is -3.28. The van der Waals surface area contributed by atoms with Gasteiger partial charge in [-0.15, -0.1) is 11.3 Å². The number of hydrogen-bond donors (Lipinski definition) is 2. The Kier molecular flexibility index (Phi) is 9.15. The summed E-state index contributed by atoms with van der Waals surface area (Å²) in [5.74, 6) is -5.71. The van der Waals surface area contributed by atoms with Crippen molar-refractivity contribution in [2.45, 2.75) is 71.0 Å². The average Bonchev–Trinajstić information content (AvgIpc) is 3.48. The number of aliphatic carboxylic acids is 1. The van der Waals surface area contributed by atoms with Crippen LogP contribution in [-0.2, 0) is 19.1 Å². The number of carbonyl (C=O) groups is 3. The molecule has 2 saturated heterocycles. The number of aliphatic imine (C=N–C) groups is 1. The summed E-state index contributed by atoms with van der Waals surface area (Å²) in [6.07, 6.45) is 3.00. The van der Waals surface area contributed by atoms with Crippen LogP contribution in [0.1, 0.15) is 62.2 Å². The Balaban J connectivity index is 1.39. The Morgan fingerprint density at radius 3 is 2.62 bits per heavy atom. The van der Waals surface area contributed by atoms with Gasteiger partial charge in [0, 0.05) is 36.3 Å². The van der Waals surface area contributed by atoms with Crippen molar-refractivity contribution in [2.75, 3.05) is 32.8 Å². The Morgan fingerprint density at radius 2 is 1.98 bits per heavy atom. The molecule has 3 aliphatic heterocycles. The standard InChI is InChI=1S/C33H39F3N6O5S/c1-5-47-30(44)24-22(38-27(28-37-12-14-48-28)39-25(24)20-7-6-8-21(34)18(20)2)15-40-17-33(35,36)26-23(40)16-42(29(43)19-9-10-19)41(26)13-11-32(3,4)31(45)46/h6-8,12,14,19,23,25-26H,5,9-11,13,15-17H2,1-4H3,(H,38,39)(H,45,46)/t23-,25-,26+/m0/s1. The number of hydrazine groups is 1. The van der Waals surface area contributed by atoms with E-state index in [9.17, 15) is 23.9 Å². The summed E-state index contributed by atoms with van der Waals surface area (Å²) in [4.78, 5) is 49.6. The van der Waals surface area contributed by atoms with E-state index in [1.165, 1.54) is 47.3 Å². The number of rotatable bonds is 11. The molecule has 1 amide bonds. The average molecular weight is 689 g/mol. The van der Waals surface area contributed by atoms with E-state index in [1.54, 1.807) is 36.4 Å². The third-order valence-corrected chi connectivity index (χ3v) is 10.4. The van der Waals surface area contributed by atoms with Gasteiger partial charge in [0.1, 0.15) is 17.9 Å². The molecule has 1 aromatic heterocycles. The lowest BCUT2D eigenvalue weighted by molar-refractivity contribution is -0.159. The molecule has 0 spiro atoms. The largest absolute Gasteiger partial charge is 0.481 e. The van der Waals surface area contributed by atoms with E-state index in [1.807, 2.05) is 0 Å². The first-order valence-electron chi connectivity index (χ1n) is 16.1. The molecule has 48 heavy (non-hydrogen) atoms. The van der Waals surface area contributed by atoms with Crippen LogP contribution in [0, 0.1) is 24.1 Å². The predicted octanol–water partition coefficient (Wildman–Crippen LogP) is 4.16. The lowest BCUT2D eigenvalue weighted by Crippen LogP contribution is -2.52. The maximum Gasteiger partial charge on any atom is 0.338 e.